The number of aromatic nitrogens is 3. The van der Waals surface area contributed by atoms with Crippen molar-refractivity contribution < 1.29 is 4.74 Å². The summed E-state index contributed by atoms with van der Waals surface area (Å²) in [6.45, 7) is 6.98. The highest BCUT2D eigenvalue weighted by Gasteiger charge is 2.31. The second-order valence-corrected chi connectivity index (χ2v) is 8.58. The number of rotatable bonds is 6. The summed E-state index contributed by atoms with van der Waals surface area (Å²) in [4.78, 5) is 17.4. The minimum atomic E-state index is -0.0313. The highest BCUT2D eigenvalue weighted by molar-refractivity contribution is 7.16. The van der Waals surface area contributed by atoms with E-state index in [-0.39, 0.29) is 11.5 Å². The zero-order chi connectivity index (χ0) is 19.6. The number of hydrogen-bond acceptors (Lipinski definition) is 7. The molecule has 0 amide bonds. The summed E-state index contributed by atoms with van der Waals surface area (Å²) in [7, 11) is 1.81. The Morgan fingerprint density at radius 2 is 2.07 bits per heavy atom. The minimum Gasteiger partial charge on any atom is -0.378 e. The highest BCUT2D eigenvalue weighted by Crippen LogP contribution is 2.33. The summed E-state index contributed by atoms with van der Waals surface area (Å²) in [5.41, 5.74) is 1.04. The number of fused-ring (bicyclic) bond motifs is 1. The Labute approximate surface area is 170 Å². The second kappa shape index (κ2) is 8.01. The molecule has 0 aromatic carbocycles. The molecule has 1 aliphatic heterocycles. The molecule has 1 N–H and O–H groups in total. The van der Waals surface area contributed by atoms with Gasteiger partial charge in [-0.1, -0.05) is 13.0 Å². The molecule has 0 saturated carbocycles. The van der Waals surface area contributed by atoms with Crippen molar-refractivity contribution in [2.24, 2.45) is 0 Å². The van der Waals surface area contributed by atoms with Crippen molar-refractivity contribution in [1.29, 1.82) is 0 Å². The van der Waals surface area contributed by atoms with E-state index in [0.29, 0.717) is 5.95 Å². The molecule has 4 heterocycles. The van der Waals surface area contributed by atoms with Gasteiger partial charge in [0.1, 0.15) is 10.6 Å². The van der Waals surface area contributed by atoms with Crippen LogP contribution in [-0.4, -0.2) is 47.3 Å². The number of ether oxygens (including phenoxy) is 1. The van der Waals surface area contributed by atoms with E-state index in [1.165, 1.54) is 0 Å². The summed E-state index contributed by atoms with van der Waals surface area (Å²) in [5.74, 6) is 2.00. The van der Waals surface area contributed by atoms with E-state index in [1.54, 1.807) is 11.3 Å². The molecule has 0 spiro atoms. The Hall–Kier alpha value is -2.25. The molecule has 0 radical (unpaired) electrons. The third-order valence-electron chi connectivity index (χ3n) is 5.68. The number of thiophene rings is 1. The molecule has 1 unspecified atom stereocenters. The zero-order valence-electron chi connectivity index (χ0n) is 16.7. The van der Waals surface area contributed by atoms with E-state index in [1.807, 2.05) is 25.4 Å². The van der Waals surface area contributed by atoms with Crippen molar-refractivity contribution >= 4 is 33.3 Å². The Morgan fingerprint density at radius 3 is 2.79 bits per heavy atom. The monoisotopic (exact) mass is 397 g/mol. The Balaban J connectivity index is 1.52. The quantitative estimate of drug-likeness (QED) is 0.669. The zero-order valence-corrected chi connectivity index (χ0v) is 17.5. The van der Waals surface area contributed by atoms with Gasteiger partial charge in [0, 0.05) is 44.6 Å². The average molecular weight is 398 g/mol. The topological polar surface area (TPSA) is 63.2 Å². The lowest BCUT2D eigenvalue weighted by atomic mass is 9.93. The number of piperidine rings is 1. The van der Waals surface area contributed by atoms with Crippen LogP contribution in [0.2, 0.25) is 0 Å². The lowest BCUT2D eigenvalue weighted by molar-refractivity contribution is -0.0133. The van der Waals surface area contributed by atoms with Crippen molar-refractivity contribution in [2.75, 3.05) is 37.0 Å². The van der Waals surface area contributed by atoms with Gasteiger partial charge in [-0.05, 0) is 43.3 Å². The fraction of sp³-hybridized carbons (Fsp3) is 0.476. The predicted octanol–water partition coefficient (Wildman–Crippen LogP) is 4.31. The molecule has 0 aliphatic carbocycles. The Kier molecular flexibility index (Phi) is 5.46. The van der Waals surface area contributed by atoms with Crippen molar-refractivity contribution in [3.8, 4) is 0 Å². The largest absolute Gasteiger partial charge is 0.378 e. The summed E-state index contributed by atoms with van der Waals surface area (Å²) >= 11 is 1.66. The van der Waals surface area contributed by atoms with Crippen molar-refractivity contribution in [3.05, 3.63) is 41.5 Å². The molecule has 1 atom stereocenters. The van der Waals surface area contributed by atoms with Crippen LogP contribution < -0.4 is 10.2 Å². The Bertz CT molecular complexity index is 921. The maximum Gasteiger partial charge on any atom is 0.226 e. The van der Waals surface area contributed by atoms with Crippen LogP contribution in [0.5, 0.6) is 0 Å². The van der Waals surface area contributed by atoms with Crippen molar-refractivity contribution in [3.63, 3.8) is 0 Å². The standard InChI is InChI=1S/C21H27N5OS/c1-15(17-6-4-5-10-22-17)14-23-20-24-18(16-7-13-28-19(16)25-20)26-11-8-21(2,27-3)9-12-26/h4-7,10,13,15H,8-9,11-12,14H2,1-3H3,(H,23,24,25). The second-order valence-electron chi connectivity index (χ2n) is 7.69. The van der Waals surface area contributed by atoms with Crippen LogP contribution in [0.25, 0.3) is 10.2 Å². The van der Waals surface area contributed by atoms with E-state index >= 15 is 0 Å². The number of nitrogens with zero attached hydrogens (tertiary/aromatic N) is 4. The first-order chi connectivity index (χ1) is 13.6. The number of nitrogens with one attached hydrogen (secondary N) is 1. The lowest BCUT2D eigenvalue weighted by Gasteiger charge is -2.39. The smallest absolute Gasteiger partial charge is 0.226 e. The lowest BCUT2D eigenvalue weighted by Crippen LogP contribution is -2.44. The van der Waals surface area contributed by atoms with Crippen LogP contribution in [0.1, 0.15) is 38.3 Å². The molecule has 6 nitrogen and oxygen atoms in total. The first-order valence-electron chi connectivity index (χ1n) is 9.78. The van der Waals surface area contributed by atoms with Crippen molar-refractivity contribution in [1.82, 2.24) is 15.0 Å². The van der Waals surface area contributed by atoms with Gasteiger partial charge in [-0.3, -0.25) is 4.98 Å². The van der Waals surface area contributed by atoms with E-state index in [9.17, 15) is 0 Å². The molecular weight excluding hydrogens is 370 g/mol. The normalized spacial score (nSPS) is 17.6. The van der Waals surface area contributed by atoms with Gasteiger partial charge in [-0.2, -0.15) is 4.98 Å². The van der Waals surface area contributed by atoms with Gasteiger partial charge in [-0.15, -0.1) is 11.3 Å². The van der Waals surface area contributed by atoms with E-state index in [0.717, 1.165) is 54.2 Å². The maximum absolute atomic E-state index is 5.69. The van der Waals surface area contributed by atoms with Crippen LogP contribution in [0.4, 0.5) is 11.8 Å². The highest BCUT2D eigenvalue weighted by atomic mass is 32.1. The minimum absolute atomic E-state index is 0.0313. The molecule has 1 fully saturated rings. The first kappa shape index (κ1) is 19.1. The van der Waals surface area contributed by atoms with Crippen LogP contribution in [0, 0.1) is 0 Å². The van der Waals surface area contributed by atoms with Gasteiger partial charge in [0.2, 0.25) is 5.95 Å². The van der Waals surface area contributed by atoms with E-state index in [4.69, 9.17) is 14.7 Å². The van der Waals surface area contributed by atoms with Gasteiger partial charge < -0.3 is 15.0 Å². The molecule has 3 aromatic rings. The van der Waals surface area contributed by atoms with Crippen LogP contribution in [0.15, 0.2) is 35.8 Å². The Morgan fingerprint density at radius 1 is 1.25 bits per heavy atom. The van der Waals surface area contributed by atoms with Gasteiger partial charge >= 0.3 is 0 Å². The fourth-order valence-corrected chi connectivity index (χ4v) is 4.33. The van der Waals surface area contributed by atoms with Crippen molar-refractivity contribution in [2.45, 2.75) is 38.2 Å². The molecule has 4 rings (SSSR count). The van der Waals surface area contributed by atoms with Gasteiger partial charge in [0.25, 0.3) is 0 Å². The SMILES string of the molecule is COC1(C)CCN(c2nc(NCC(C)c3ccccn3)nc3sccc23)CC1. The molecule has 148 valence electrons. The average Bonchev–Trinajstić information content (AvgIpc) is 3.21. The molecule has 28 heavy (non-hydrogen) atoms. The summed E-state index contributed by atoms with van der Waals surface area (Å²) in [5, 5.41) is 6.65. The van der Waals surface area contributed by atoms with Gasteiger partial charge in [-0.25, -0.2) is 4.98 Å². The van der Waals surface area contributed by atoms with Gasteiger partial charge in [0.05, 0.1) is 11.0 Å². The first-order valence-corrected chi connectivity index (χ1v) is 10.7. The molecule has 1 aliphatic rings. The van der Waals surface area contributed by atoms with Gasteiger partial charge in [0.15, 0.2) is 0 Å². The molecule has 1 saturated heterocycles. The molecule has 0 bridgehead atoms. The number of hydrogen-bond donors (Lipinski definition) is 1. The predicted molar refractivity (Wildman–Crippen MR) is 115 cm³/mol. The van der Waals surface area contributed by atoms with Crippen LogP contribution >= 0.6 is 11.3 Å². The third kappa shape index (κ3) is 3.95. The summed E-state index contributed by atoms with van der Waals surface area (Å²) in [6, 6.07) is 8.15. The number of anilines is 2. The molecule has 3 aromatic heterocycles. The molecule has 7 heteroatoms. The van der Waals surface area contributed by atoms with E-state index < -0.39 is 0 Å². The molecular formula is C21H27N5OS. The fourth-order valence-electron chi connectivity index (χ4n) is 3.57. The summed E-state index contributed by atoms with van der Waals surface area (Å²) < 4.78 is 5.69. The third-order valence-corrected chi connectivity index (χ3v) is 6.48. The van der Waals surface area contributed by atoms with E-state index in [2.05, 4.69) is 46.6 Å². The number of methoxy groups -OCH3 is 1. The van der Waals surface area contributed by atoms with Crippen LogP contribution in [-0.2, 0) is 4.74 Å². The van der Waals surface area contributed by atoms with Crippen LogP contribution in [0.3, 0.4) is 0 Å². The summed E-state index contributed by atoms with van der Waals surface area (Å²) in [6.07, 6.45) is 3.83. The maximum atomic E-state index is 5.69. The number of pyridine rings is 1.